The molecule has 2 atom stereocenters. The number of amides is 1. The molecule has 23 heavy (non-hydrogen) atoms. The number of halogens is 2. The second-order valence-electron chi connectivity index (χ2n) is 5.84. The number of hydrogen-bond donors (Lipinski definition) is 2. The summed E-state index contributed by atoms with van der Waals surface area (Å²) in [6, 6.07) is 4.64. The van der Waals surface area contributed by atoms with Gasteiger partial charge in [0, 0.05) is 23.7 Å². The Labute approximate surface area is 140 Å². The molecule has 2 N–H and O–H groups in total. The third kappa shape index (κ3) is 2.26. The minimum Gasteiger partial charge on any atom is -0.347 e. The highest BCUT2D eigenvalue weighted by Crippen LogP contribution is 2.42. The number of rotatable bonds is 1. The number of piperidine rings is 1. The summed E-state index contributed by atoms with van der Waals surface area (Å²) in [6.07, 6.45) is 0. The topological polar surface area (TPSA) is 70.6 Å². The minimum atomic E-state index is -0.462. The standard InChI is InChI=1S/C16H13BrFN3O2/c17-8-3-7(1-2-9(8)18)13-14-10(4-19-6-12(14)22)21-11-5-20-16(23)15(11)13/h1-3,13-14,19H,4-6H2,(H,20,23). The molecule has 7 heteroatoms. The molecule has 1 fully saturated rings. The molecule has 5 nitrogen and oxygen atoms in total. The molecule has 0 saturated carbocycles. The maximum absolute atomic E-state index is 13.6. The van der Waals surface area contributed by atoms with Gasteiger partial charge in [0.25, 0.3) is 0 Å². The first-order valence-corrected chi connectivity index (χ1v) is 8.12. The fourth-order valence-electron chi connectivity index (χ4n) is 3.52. The van der Waals surface area contributed by atoms with Crippen LogP contribution in [0, 0.1) is 11.7 Å². The van der Waals surface area contributed by atoms with Crippen LogP contribution in [0.2, 0.25) is 0 Å². The first-order chi connectivity index (χ1) is 11.1. The van der Waals surface area contributed by atoms with E-state index in [9.17, 15) is 14.0 Å². The average molecular weight is 378 g/mol. The third-order valence-electron chi connectivity index (χ3n) is 4.51. The van der Waals surface area contributed by atoms with Crippen molar-refractivity contribution in [3.8, 4) is 0 Å². The number of aliphatic imine (C=N–C) groups is 1. The van der Waals surface area contributed by atoms with Gasteiger partial charge >= 0.3 is 0 Å². The van der Waals surface area contributed by atoms with Gasteiger partial charge in [-0.05, 0) is 33.6 Å². The second-order valence-corrected chi connectivity index (χ2v) is 6.70. The number of nitrogens with zero attached hydrogens (tertiary/aromatic N) is 1. The fourth-order valence-corrected chi connectivity index (χ4v) is 3.91. The van der Waals surface area contributed by atoms with Crippen molar-refractivity contribution in [2.75, 3.05) is 19.6 Å². The van der Waals surface area contributed by atoms with Crippen LogP contribution in [-0.2, 0) is 9.59 Å². The van der Waals surface area contributed by atoms with E-state index in [0.29, 0.717) is 28.8 Å². The summed E-state index contributed by atoms with van der Waals surface area (Å²) in [5.74, 6) is -1.44. The molecule has 3 aliphatic heterocycles. The number of hydrogen-bond acceptors (Lipinski definition) is 4. The Hall–Kier alpha value is -1.86. The van der Waals surface area contributed by atoms with Gasteiger partial charge in [-0.3, -0.25) is 14.6 Å². The Kier molecular flexibility index (Phi) is 3.42. The van der Waals surface area contributed by atoms with Crippen molar-refractivity contribution >= 4 is 33.3 Å². The number of Topliss-reactive ketones (excluding diaryl/α,β-unsaturated/α-hetero) is 1. The molecule has 1 aromatic carbocycles. The first-order valence-electron chi connectivity index (χ1n) is 7.33. The minimum absolute atomic E-state index is 0.00620. The Morgan fingerprint density at radius 2 is 2.00 bits per heavy atom. The molecular weight excluding hydrogens is 365 g/mol. The van der Waals surface area contributed by atoms with E-state index in [1.807, 2.05) is 0 Å². The van der Waals surface area contributed by atoms with Gasteiger partial charge in [-0.1, -0.05) is 6.07 Å². The van der Waals surface area contributed by atoms with Crippen molar-refractivity contribution in [1.82, 2.24) is 10.6 Å². The van der Waals surface area contributed by atoms with Gasteiger partial charge in [0.05, 0.1) is 29.2 Å². The third-order valence-corrected chi connectivity index (χ3v) is 5.12. The van der Waals surface area contributed by atoms with Gasteiger partial charge in [0.1, 0.15) is 5.82 Å². The van der Waals surface area contributed by atoms with E-state index in [0.717, 1.165) is 11.3 Å². The van der Waals surface area contributed by atoms with Gasteiger partial charge in [0.15, 0.2) is 5.78 Å². The summed E-state index contributed by atoms with van der Waals surface area (Å²) in [7, 11) is 0. The Bertz CT molecular complexity index is 803. The van der Waals surface area contributed by atoms with Gasteiger partial charge < -0.3 is 10.6 Å². The van der Waals surface area contributed by atoms with Crippen molar-refractivity contribution < 1.29 is 14.0 Å². The van der Waals surface area contributed by atoms with E-state index in [4.69, 9.17) is 0 Å². The highest BCUT2D eigenvalue weighted by Gasteiger charge is 2.45. The molecule has 118 valence electrons. The summed E-state index contributed by atoms with van der Waals surface area (Å²) in [4.78, 5) is 29.3. The lowest BCUT2D eigenvalue weighted by Crippen LogP contribution is -2.49. The molecule has 2 unspecified atom stereocenters. The summed E-state index contributed by atoms with van der Waals surface area (Å²) < 4.78 is 13.9. The van der Waals surface area contributed by atoms with Gasteiger partial charge in [-0.2, -0.15) is 0 Å². The molecule has 0 radical (unpaired) electrons. The lowest BCUT2D eigenvalue weighted by Gasteiger charge is -2.34. The zero-order chi connectivity index (χ0) is 16.1. The highest BCUT2D eigenvalue weighted by molar-refractivity contribution is 9.10. The van der Waals surface area contributed by atoms with Crippen molar-refractivity contribution in [2.45, 2.75) is 5.92 Å². The monoisotopic (exact) mass is 377 g/mol. The second kappa shape index (κ2) is 5.35. The predicted molar refractivity (Wildman–Crippen MR) is 85.7 cm³/mol. The van der Waals surface area contributed by atoms with E-state index in [2.05, 4.69) is 31.6 Å². The summed E-state index contributed by atoms with van der Waals surface area (Å²) in [5.41, 5.74) is 2.72. The number of carbonyl (C=O) groups excluding carboxylic acids is 2. The van der Waals surface area contributed by atoms with Gasteiger partial charge in [-0.15, -0.1) is 0 Å². The highest BCUT2D eigenvalue weighted by atomic mass is 79.9. The Morgan fingerprint density at radius 3 is 2.78 bits per heavy atom. The molecule has 1 aromatic rings. The summed E-state index contributed by atoms with van der Waals surface area (Å²) >= 11 is 3.18. The number of carbonyl (C=O) groups is 2. The molecule has 0 aromatic heterocycles. The van der Waals surface area contributed by atoms with Crippen LogP contribution in [0.4, 0.5) is 4.39 Å². The maximum Gasteiger partial charge on any atom is 0.250 e. The van der Waals surface area contributed by atoms with Crippen molar-refractivity contribution in [1.29, 1.82) is 0 Å². The van der Waals surface area contributed by atoms with Crippen molar-refractivity contribution in [3.63, 3.8) is 0 Å². The molecule has 3 heterocycles. The predicted octanol–water partition coefficient (Wildman–Crippen LogP) is 1.30. The van der Waals surface area contributed by atoms with Crippen LogP contribution in [0.1, 0.15) is 11.5 Å². The smallest absolute Gasteiger partial charge is 0.250 e. The lowest BCUT2D eigenvalue weighted by molar-refractivity contribution is -0.121. The van der Waals surface area contributed by atoms with E-state index in [1.165, 1.54) is 6.07 Å². The number of fused-ring (bicyclic) bond motifs is 1. The molecule has 0 bridgehead atoms. The van der Waals surface area contributed by atoms with E-state index < -0.39 is 11.8 Å². The molecular formula is C16H13BrFN3O2. The number of ketones is 1. The Morgan fingerprint density at radius 1 is 1.17 bits per heavy atom. The van der Waals surface area contributed by atoms with Crippen LogP contribution in [0.3, 0.4) is 0 Å². The molecule has 1 saturated heterocycles. The first kappa shape index (κ1) is 14.7. The quantitative estimate of drug-likeness (QED) is 0.774. The largest absolute Gasteiger partial charge is 0.347 e. The Balaban J connectivity index is 1.89. The zero-order valence-corrected chi connectivity index (χ0v) is 13.6. The van der Waals surface area contributed by atoms with Crippen LogP contribution in [0.25, 0.3) is 0 Å². The molecule has 4 rings (SSSR count). The SMILES string of the molecule is O=C1NCC2=C1C(c1ccc(F)c(Br)c1)C1C(=O)CNCC1=N2. The fraction of sp³-hybridized carbons (Fsp3) is 0.312. The van der Waals surface area contributed by atoms with Gasteiger partial charge in [0.2, 0.25) is 5.91 Å². The van der Waals surface area contributed by atoms with Gasteiger partial charge in [-0.25, -0.2) is 4.39 Å². The van der Waals surface area contributed by atoms with Crippen LogP contribution >= 0.6 is 15.9 Å². The van der Waals surface area contributed by atoms with Crippen molar-refractivity contribution in [2.24, 2.45) is 10.9 Å². The number of benzene rings is 1. The molecule has 1 amide bonds. The lowest BCUT2D eigenvalue weighted by atomic mass is 9.72. The summed E-state index contributed by atoms with van der Waals surface area (Å²) in [6.45, 7) is 1.16. The van der Waals surface area contributed by atoms with E-state index in [1.54, 1.807) is 12.1 Å². The van der Waals surface area contributed by atoms with E-state index >= 15 is 0 Å². The average Bonchev–Trinajstić information content (AvgIpc) is 2.90. The van der Waals surface area contributed by atoms with Crippen LogP contribution in [0.15, 0.2) is 38.9 Å². The zero-order valence-electron chi connectivity index (χ0n) is 12.0. The van der Waals surface area contributed by atoms with Crippen molar-refractivity contribution in [3.05, 3.63) is 45.3 Å². The molecule has 0 spiro atoms. The van der Waals surface area contributed by atoms with Crippen LogP contribution in [-0.4, -0.2) is 37.0 Å². The molecule has 0 aliphatic carbocycles. The normalized spacial score (nSPS) is 26.6. The van der Waals surface area contributed by atoms with E-state index in [-0.39, 0.29) is 24.1 Å². The van der Waals surface area contributed by atoms with Crippen LogP contribution < -0.4 is 10.6 Å². The number of nitrogens with one attached hydrogen (secondary N) is 2. The maximum atomic E-state index is 13.6. The van der Waals surface area contributed by atoms with Crippen LogP contribution in [0.5, 0.6) is 0 Å². The summed E-state index contributed by atoms with van der Waals surface area (Å²) in [5, 5.41) is 5.81. The molecule has 3 aliphatic rings.